The molecule has 0 saturated carbocycles. The van der Waals surface area contributed by atoms with Crippen LogP contribution in [-0.4, -0.2) is 10.7 Å². The molecule has 1 atom stereocenters. The van der Waals surface area contributed by atoms with Gasteiger partial charge in [0.1, 0.15) is 6.61 Å². The molecular formula is C25H22N2O2. The molecule has 0 radical (unpaired) electrons. The minimum atomic E-state index is -0.455. The van der Waals surface area contributed by atoms with Gasteiger partial charge < -0.3 is 14.6 Å². The summed E-state index contributed by atoms with van der Waals surface area (Å²) in [5.41, 5.74) is 3.93. The molecule has 0 aliphatic carbocycles. The summed E-state index contributed by atoms with van der Waals surface area (Å²) >= 11 is 0. The van der Waals surface area contributed by atoms with Crippen molar-refractivity contribution in [2.75, 3.05) is 0 Å². The van der Waals surface area contributed by atoms with Crippen molar-refractivity contribution in [1.29, 1.82) is 0 Å². The Kier molecular flexibility index (Phi) is 5.72. The van der Waals surface area contributed by atoms with E-state index < -0.39 is 6.09 Å². The second-order valence-electron chi connectivity index (χ2n) is 6.69. The Labute approximate surface area is 170 Å². The van der Waals surface area contributed by atoms with Crippen molar-refractivity contribution < 1.29 is 9.53 Å². The van der Waals surface area contributed by atoms with Crippen molar-refractivity contribution in [2.45, 2.75) is 12.6 Å². The highest BCUT2D eigenvalue weighted by atomic mass is 16.5. The zero-order valence-electron chi connectivity index (χ0n) is 15.9. The average Bonchev–Trinajstić information content (AvgIpc) is 3.27. The van der Waals surface area contributed by atoms with Crippen LogP contribution in [0.4, 0.5) is 4.79 Å². The van der Waals surface area contributed by atoms with Crippen LogP contribution in [0, 0.1) is 0 Å². The first kappa shape index (κ1) is 18.6. The van der Waals surface area contributed by atoms with Crippen LogP contribution in [0.2, 0.25) is 0 Å². The predicted octanol–water partition coefficient (Wildman–Crippen LogP) is 5.49. The Morgan fingerprint density at radius 1 is 0.793 bits per heavy atom. The number of benzene rings is 3. The lowest BCUT2D eigenvalue weighted by Crippen LogP contribution is -2.31. The van der Waals surface area contributed by atoms with Crippen LogP contribution in [0.5, 0.6) is 0 Å². The van der Waals surface area contributed by atoms with E-state index in [2.05, 4.69) is 9.88 Å². The molecule has 4 heteroatoms. The van der Waals surface area contributed by atoms with Crippen molar-refractivity contribution in [1.82, 2.24) is 9.88 Å². The molecule has 0 aliphatic rings. The molecule has 1 N–H and O–H groups in total. The van der Waals surface area contributed by atoms with E-state index in [1.165, 1.54) is 0 Å². The molecule has 29 heavy (non-hydrogen) atoms. The van der Waals surface area contributed by atoms with Gasteiger partial charge >= 0.3 is 6.09 Å². The fraction of sp³-hybridized carbons (Fsp3) is 0.0800. The molecular weight excluding hydrogens is 360 g/mol. The van der Waals surface area contributed by atoms with Gasteiger partial charge in [-0.05, 0) is 35.4 Å². The summed E-state index contributed by atoms with van der Waals surface area (Å²) in [5, 5.41) is 3.03. The smallest absolute Gasteiger partial charge is 0.408 e. The lowest BCUT2D eigenvalue weighted by Gasteiger charge is -2.21. The Morgan fingerprint density at radius 2 is 1.41 bits per heavy atom. The lowest BCUT2D eigenvalue weighted by molar-refractivity contribution is 0.137. The van der Waals surface area contributed by atoms with Crippen LogP contribution < -0.4 is 5.32 Å². The number of amides is 1. The van der Waals surface area contributed by atoms with Crippen LogP contribution in [0.25, 0.3) is 5.69 Å². The van der Waals surface area contributed by atoms with E-state index in [0.29, 0.717) is 0 Å². The number of ether oxygens (including phenoxy) is 1. The zero-order valence-corrected chi connectivity index (χ0v) is 15.9. The van der Waals surface area contributed by atoms with Crippen molar-refractivity contribution in [2.24, 2.45) is 0 Å². The Morgan fingerprint density at radius 3 is 2.10 bits per heavy atom. The monoisotopic (exact) mass is 382 g/mol. The highest BCUT2D eigenvalue weighted by molar-refractivity contribution is 5.68. The third kappa shape index (κ3) is 4.55. The maximum atomic E-state index is 12.6. The second-order valence-corrected chi connectivity index (χ2v) is 6.69. The van der Waals surface area contributed by atoms with Crippen LogP contribution in [-0.2, 0) is 11.3 Å². The molecule has 4 nitrogen and oxygen atoms in total. The molecule has 0 bridgehead atoms. The predicted molar refractivity (Wildman–Crippen MR) is 114 cm³/mol. The van der Waals surface area contributed by atoms with Crippen LogP contribution in [0.15, 0.2) is 109 Å². The van der Waals surface area contributed by atoms with Gasteiger partial charge in [0.2, 0.25) is 0 Å². The molecule has 1 amide bonds. The summed E-state index contributed by atoms with van der Waals surface area (Å²) in [6.45, 7) is 0.230. The van der Waals surface area contributed by atoms with E-state index >= 15 is 0 Å². The van der Waals surface area contributed by atoms with E-state index in [1.54, 1.807) is 0 Å². The molecule has 0 spiro atoms. The SMILES string of the molecule is O=C(NC(c1ccccc1)c1cccn1-c1ccccc1)OCc1ccccc1. The highest BCUT2D eigenvalue weighted by Crippen LogP contribution is 2.25. The third-order valence-corrected chi connectivity index (χ3v) is 4.72. The van der Waals surface area contributed by atoms with Crippen molar-refractivity contribution in [3.63, 3.8) is 0 Å². The van der Waals surface area contributed by atoms with Crippen LogP contribution >= 0.6 is 0 Å². The molecule has 4 aromatic rings. The van der Waals surface area contributed by atoms with Gasteiger partial charge in [-0.2, -0.15) is 0 Å². The quantitative estimate of drug-likeness (QED) is 0.479. The number of carbonyl (C=O) groups excluding carboxylic acids is 1. The maximum Gasteiger partial charge on any atom is 0.408 e. The number of aromatic nitrogens is 1. The number of hydrogen-bond acceptors (Lipinski definition) is 2. The number of nitrogens with one attached hydrogen (secondary N) is 1. The summed E-state index contributed by atoms with van der Waals surface area (Å²) in [7, 11) is 0. The van der Waals surface area contributed by atoms with Crippen molar-refractivity contribution in [3.8, 4) is 5.69 Å². The number of carbonyl (C=O) groups is 1. The molecule has 3 aromatic carbocycles. The molecule has 0 fully saturated rings. The first-order valence-electron chi connectivity index (χ1n) is 9.56. The molecule has 1 heterocycles. The molecule has 0 saturated heterocycles. The Balaban J connectivity index is 1.59. The summed E-state index contributed by atoms with van der Waals surface area (Å²) < 4.78 is 7.54. The second kappa shape index (κ2) is 8.93. The molecule has 4 rings (SSSR count). The van der Waals surface area contributed by atoms with Crippen LogP contribution in [0.1, 0.15) is 22.9 Å². The molecule has 144 valence electrons. The summed E-state index contributed by atoms with van der Waals surface area (Å²) in [5.74, 6) is 0. The standard InChI is InChI=1S/C25H22N2O2/c28-25(29-19-20-11-4-1-5-12-20)26-24(21-13-6-2-7-14-21)23-17-10-18-27(23)22-15-8-3-9-16-22/h1-18,24H,19H2,(H,26,28). The van der Waals surface area contributed by atoms with E-state index in [9.17, 15) is 4.79 Å². The first-order chi connectivity index (χ1) is 14.3. The van der Waals surface area contributed by atoms with Crippen molar-refractivity contribution in [3.05, 3.63) is 126 Å². The van der Waals surface area contributed by atoms with Crippen molar-refractivity contribution >= 4 is 6.09 Å². The maximum absolute atomic E-state index is 12.6. The van der Waals surface area contributed by atoms with Gasteiger partial charge in [-0.15, -0.1) is 0 Å². The van der Waals surface area contributed by atoms with Gasteiger partial charge in [-0.1, -0.05) is 78.9 Å². The van der Waals surface area contributed by atoms with Crippen LogP contribution in [0.3, 0.4) is 0 Å². The Bertz CT molecular complexity index is 1040. The number of alkyl carbamates (subject to hydrolysis) is 1. The van der Waals surface area contributed by atoms with Gasteiger partial charge in [0, 0.05) is 17.6 Å². The minimum absolute atomic E-state index is 0.230. The number of nitrogens with zero attached hydrogens (tertiary/aromatic N) is 1. The third-order valence-electron chi connectivity index (χ3n) is 4.72. The first-order valence-corrected chi connectivity index (χ1v) is 9.56. The zero-order chi connectivity index (χ0) is 19.9. The van der Waals surface area contributed by atoms with E-state index in [4.69, 9.17) is 4.74 Å². The molecule has 1 unspecified atom stereocenters. The minimum Gasteiger partial charge on any atom is -0.445 e. The summed E-state index contributed by atoms with van der Waals surface area (Å²) in [6, 6.07) is 33.3. The average molecular weight is 382 g/mol. The van der Waals surface area contributed by atoms with Gasteiger partial charge in [0.25, 0.3) is 0 Å². The number of hydrogen-bond donors (Lipinski definition) is 1. The van der Waals surface area contributed by atoms with E-state index in [-0.39, 0.29) is 12.6 Å². The van der Waals surface area contributed by atoms with E-state index in [1.807, 2.05) is 109 Å². The lowest BCUT2D eigenvalue weighted by atomic mass is 10.0. The normalized spacial score (nSPS) is 11.6. The molecule has 0 aliphatic heterocycles. The summed E-state index contributed by atoms with van der Waals surface area (Å²) in [4.78, 5) is 12.6. The fourth-order valence-corrected chi connectivity index (χ4v) is 3.31. The topological polar surface area (TPSA) is 43.3 Å². The molecule has 1 aromatic heterocycles. The fourth-order valence-electron chi connectivity index (χ4n) is 3.31. The van der Waals surface area contributed by atoms with Gasteiger partial charge in [-0.25, -0.2) is 4.79 Å². The van der Waals surface area contributed by atoms with Gasteiger partial charge in [0.05, 0.1) is 6.04 Å². The van der Waals surface area contributed by atoms with Gasteiger partial charge in [0.15, 0.2) is 0 Å². The van der Waals surface area contributed by atoms with Gasteiger partial charge in [-0.3, -0.25) is 0 Å². The summed E-state index contributed by atoms with van der Waals surface area (Å²) in [6.07, 6.45) is 1.54. The Hall–Kier alpha value is -3.79. The number of para-hydroxylation sites is 1. The van der Waals surface area contributed by atoms with E-state index in [0.717, 1.165) is 22.5 Å². The largest absolute Gasteiger partial charge is 0.445 e. The number of rotatable bonds is 6. The highest BCUT2D eigenvalue weighted by Gasteiger charge is 2.21.